The molecule has 0 spiro atoms. The maximum absolute atomic E-state index is 12.8. The summed E-state index contributed by atoms with van der Waals surface area (Å²) in [7, 11) is 0. The molecule has 1 N–H and O–H groups in total. The van der Waals surface area contributed by atoms with Crippen molar-refractivity contribution in [2.45, 2.75) is 32.1 Å². The Bertz CT molecular complexity index is 654. The first kappa shape index (κ1) is 16.9. The Morgan fingerprint density at radius 3 is 2.36 bits per heavy atom. The molecule has 2 rings (SSSR count). The molecule has 1 atom stereocenters. The van der Waals surface area contributed by atoms with Gasteiger partial charge in [-0.1, -0.05) is 48.7 Å². The number of halogens is 2. The molecular formula is C18H19Cl2NO. The molecule has 2 aromatic carbocycles. The van der Waals surface area contributed by atoms with Crippen LogP contribution in [0.3, 0.4) is 0 Å². The Labute approximate surface area is 141 Å². The van der Waals surface area contributed by atoms with Crippen molar-refractivity contribution < 1.29 is 4.79 Å². The van der Waals surface area contributed by atoms with Crippen molar-refractivity contribution in [1.29, 1.82) is 0 Å². The minimum absolute atomic E-state index is 0.0426. The van der Waals surface area contributed by atoms with E-state index in [4.69, 9.17) is 23.2 Å². The highest BCUT2D eigenvalue weighted by molar-refractivity contribution is 6.31. The first-order valence-corrected chi connectivity index (χ1v) is 8.04. The molecule has 0 saturated heterocycles. The molecule has 4 heteroatoms. The van der Waals surface area contributed by atoms with Crippen LogP contribution in [0.1, 0.15) is 32.3 Å². The van der Waals surface area contributed by atoms with Crippen molar-refractivity contribution in [1.82, 2.24) is 0 Å². The SMILES string of the molecule is CCCC(C)(C(=O)Nc1ccc(Cl)cc1)c1cccc(Cl)c1. The molecule has 2 nitrogen and oxygen atoms in total. The van der Waals surface area contributed by atoms with E-state index in [0.29, 0.717) is 10.0 Å². The monoisotopic (exact) mass is 335 g/mol. The topological polar surface area (TPSA) is 29.1 Å². The van der Waals surface area contributed by atoms with Gasteiger partial charge < -0.3 is 5.32 Å². The number of rotatable bonds is 5. The van der Waals surface area contributed by atoms with E-state index >= 15 is 0 Å². The van der Waals surface area contributed by atoms with Gasteiger partial charge in [-0.15, -0.1) is 0 Å². The largest absolute Gasteiger partial charge is 0.325 e. The average molecular weight is 336 g/mol. The van der Waals surface area contributed by atoms with Crippen LogP contribution in [0.25, 0.3) is 0 Å². The second-order valence-corrected chi connectivity index (χ2v) is 6.43. The zero-order chi connectivity index (χ0) is 16.2. The molecule has 0 heterocycles. The van der Waals surface area contributed by atoms with Crippen LogP contribution in [0.2, 0.25) is 10.0 Å². The van der Waals surface area contributed by atoms with E-state index < -0.39 is 5.41 Å². The fraction of sp³-hybridized carbons (Fsp3) is 0.278. The van der Waals surface area contributed by atoms with Gasteiger partial charge >= 0.3 is 0 Å². The van der Waals surface area contributed by atoms with E-state index in [-0.39, 0.29) is 5.91 Å². The minimum atomic E-state index is -0.626. The normalized spacial score (nSPS) is 13.5. The van der Waals surface area contributed by atoms with Crippen molar-refractivity contribution >= 4 is 34.8 Å². The summed E-state index contributed by atoms with van der Waals surface area (Å²) >= 11 is 12.0. The van der Waals surface area contributed by atoms with Gasteiger partial charge in [0.15, 0.2) is 0 Å². The highest BCUT2D eigenvalue weighted by atomic mass is 35.5. The predicted octanol–water partition coefficient (Wildman–Crippen LogP) is 5.69. The van der Waals surface area contributed by atoms with Gasteiger partial charge in [-0.2, -0.15) is 0 Å². The fourth-order valence-electron chi connectivity index (χ4n) is 2.52. The summed E-state index contributed by atoms with van der Waals surface area (Å²) in [6.07, 6.45) is 1.64. The number of amides is 1. The molecule has 1 amide bonds. The van der Waals surface area contributed by atoms with Crippen LogP contribution in [0.15, 0.2) is 48.5 Å². The van der Waals surface area contributed by atoms with Crippen LogP contribution >= 0.6 is 23.2 Å². The summed E-state index contributed by atoms with van der Waals surface area (Å²) in [5.74, 6) is -0.0426. The van der Waals surface area contributed by atoms with Gasteiger partial charge in [-0.05, 0) is 55.3 Å². The lowest BCUT2D eigenvalue weighted by Crippen LogP contribution is -2.37. The predicted molar refractivity (Wildman–Crippen MR) is 93.8 cm³/mol. The third kappa shape index (κ3) is 3.82. The maximum atomic E-state index is 12.8. The summed E-state index contributed by atoms with van der Waals surface area (Å²) < 4.78 is 0. The van der Waals surface area contributed by atoms with Crippen LogP contribution in [0.5, 0.6) is 0 Å². The van der Waals surface area contributed by atoms with Crippen LogP contribution in [-0.2, 0) is 10.2 Å². The molecule has 116 valence electrons. The molecule has 0 aliphatic rings. The Balaban J connectivity index is 2.29. The summed E-state index contributed by atoms with van der Waals surface area (Å²) in [5.41, 5.74) is 1.03. The second kappa shape index (κ2) is 7.17. The van der Waals surface area contributed by atoms with E-state index in [1.54, 1.807) is 24.3 Å². The van der Waals surface area contributed by atoms with E-state index in [9.17, 15) is 4.79 Å². The first-order valence-electron chi connectivity index (χ1n) is 7.29. The Morgan fingerprint density at radius 2 is 1.77 bits per heavy atom. The highest BCUT2D eigenvalue weighted by Crippen LogP contribution is 2.32. The molecule has 1 unspecified atom stereocenters. The molecule has 0 saturated carbocycles. The number of carbonyl (C=O) groups is 1. The third-order valence-corrected chi connectivity index (χ3v) is 4.30. The smallest absolute Gasteiger partial charge is 0.234 e. The molecule has 0 aromatic heterocycles. The molecule has 0 bridgehead atoms. The van der Waals surface area contributed by atoms with Gasteiger partial charge in [0.1, 0.15) is 0 Å². The van der Waals surface area contributed by atoms with E-state index in [0.717, 1.165) is 24.1 Å². The van der Waals surface area contributed by atoms with Gasteiger partial charge in [0.05, 0.1) is 5.41 Å². The van der Waals surface area contributed by atoms with Crippen molar-refractivity contribution in [3.8, 4) is 0 Å². The maximum Gasteiger partial charge on any atom is 0.234 e. The molecule has 0 fully saturated rings. The van der Waals surface area contributed by atoms with E-state index in [2.05, 4.69) is 12.2 Å². The van der Waals surface area contributed by atoms with Crippen molar-refractivity contribution in [2.75, 3.05) is 5.32 Å². The summed E-state index contributed by atoms with van der Waals surface area (Å²) in [4.78, 5) is 12.8. The first-order chi connectivity index (χ1) is 10.5. The summed E-state index contributed by atoms with van der Waals surface area (Å²) in [6.45, 7) is 4.02. The third-order valence-electron chi connectivity index (χ3n) is 3.81. The van der Waals surface area contributed by atoms with Gasteiger partial charge in [-0.3, -0.25) is 4.79 Å². The Kier molecular flexibility index (Phi) is 5.49. The molecule has 0 aliphatic carbocycles. The van der Waals surface area contributed by atoms with Gasteiger partial charge in [0, 0.05) is 15.7 Å². The Hall–Kier alpha value is -1.51. The summed E-state index contributed by atoms with van der Waals surface area (Å²) in [6, 6.07) is 14.6. The number of hydrogen-bond acceptors (Lipinski definition) is 1. The van der Waals surface area contributed by atoms with Crippen LogP contribution < -0.4 is 5.32 Å². The molecule has 0 aliphatic heterocycles. The van der Waals surface area contributed by atoms with Crippen molar-refractivity contribution in [3.63, 3.8) is 0 Å². The second-order valence-electron chi connectivity index (χ2n) is 5.55. The zero-order valence-corrected chi connectivity index (χ0v) is 14.2. The van der Waals surface area contributed by atoms with E-state index in [1.165, 1.54) is 0 Å². The van der Waals surface area contributed by atoms with E-state index in [1.807, 2.05) is 31.2 Å². The number of nitrogens with one attached hydrogen (secondary N) is 1. The lowest BCUT2D eigenvalue weighted by atomic mass is 9.77. The van der Waals surface area contributed by atoms with Crippen LogP contribution in [0, 0.1) is 0 Å². The molecular weight excluding hydrogens is 317 g/mol. The van der Waals surface area contributed by atoms with Crippen molar-refractivity contribution in [3.05, 3.63) is 64.1 Å². The zero-order valence-electron chi connectivity index (χ0n) is 12.7. The number of benzene rings is 2. The van der Waals surface area contributed by atoms with Gasteiger partial charge in [0.25, 0.3) is 0 Å². The number of hydrogen-bond donors (Lipinski definition) is 1. The lowest BCUT2D eigenvalue weighted by Gasteiger charge is -2.29. The van der Waals surface area contributed by atoms with Crippen molar-refractivity contribution in [2.24, 2.45) is 0 Å². The highest BCUT2D eigenvalue weighted by Gasteiger charge is 2.34. The van der Waals surface area contributed by atoms with Gasteiger partial charge in [0.2, 0.25) is 5.91 Å². The minimum Gasteiger partial charge on any atom is -0.325 e. The molecule has 0 radical (unpaired) electrons. The average Bonchev–Trinajstić information content (AvgIpc) is 2.49. The molecule has 2 aromatic rings. The van der Waals surface area contributed by atoms with Gasteiger partial charge in [-0.25, -0.2) is 0 Å². The summed E-state index contributed by atoms with van der Waals surface area (Å²) in [5, 5.41) is 4.25. The van der Waals surface area contributed by atoms with Crippen LogP contribution in [0.4, 0.5) is 5.69 Å². The quantitative estimate of drug-likeness (QED) is 0.747. The number of carbonyl (C=O) groups excluding carboxylic acids is 1. The molecule has 22 heavy (non-hydrogen) atoms. The standard InChI is InChI=1S/C18H19Cl2NO/c1-3-11-18(2,13-5-4-6-15(20)12-13)17(22)21-16-9-7-14(19)8-10-16/h4-10,12H,3,11H2,1-2H3,(H,21,22). The Morgan fingerprint density at radius 1 is 1.09 bits per heavy atom. The lowest BCUT2D eigenvalue weighted by molar-refractivity contribution is -0.121. The fourth-order valence-corrected chi connectivity index (χ4v) is 2.84. The number of anilines is 1. The van der Waals surface area contributed by atoms with Crippen LogP contribution in [-0.4, -0.2) is 5.91 Å².